The molecule has 3 heterocycles. The van der Waals surface area contributed by atoms with E-state index in [0.717, 1.165) is 72.1 Å². The third kappa shape index (κ3) is 5.99. The van der Waals surface area contributed by atoms with Crippen molar-refractivity contribution in [3.05, 3.63) is 175 Å². The minimum Gasteiger partial charge on any atom is -0.251 e. The van der Waals surface area contributed by atoms with Gasteiger partial charge in [0.1, 0.15) is 0 Å². The summed E-state index contributed by atoms with van der Waals surface area (Å²) in [5.41, 5.74) is 13.4. The van der Waals surface area contributed by atoms with Crippen LogP contribution in [0.1, 0.15) is 11.3 Å². The Balaban J connectivity index is 1.03. The fraction of sp³-hybridized carbons (Fsp3) is 0.0426. The number of rotatable bonds is 6. The van der Waals surface area contributed by atoms with Gasteiger partial charge in [0.15, 0.2) is 17.5 Å². The summed E-state index contributed by atoms with van der Waals surface area (Å²) in [5, 5.41) is 2.23. The second-order valence-corrected chi connectivity index (χ2v) is 13.1. The van der Waals surface area contributed by atoms with Crippen molar-refractivity contribution in [2.45, 2.75) is 13.8 Å². The van der Waals surface area contributed by atoms with E-state index in [1.165, 1.54) is 11.1 Å². The molecule has 5 heteroatoms. The van der Waals surface area contributed by atoms with Crippen LogP contribution in [0.5, 0.6) is 0 Å². The summed E-state index contributed by atoms with van der Waals surface area (Å²) >= 11 is 0. The normalized spacial score (nSPS) is 11.3. The predicted octanol–water partition coefficient (Wildman–Crippen LogP) is 11.6. The van der Waals surface area contributed by atoms with E-state index in [1.807, 2.05) is 49.4 Å². The molecule has 0 fully saturated rings. The number of benzene rings is 6. The number of pyridine rings is 2. The van der Waals surface area contributed by atoms with Gasteiger partial charge in [-0.05, 0) is 53.8 Å². The molecule has 0 saturated carbocycles. The van der Waals surface area contributed by atoms with Gasteiger partial charge >= 0.3 is 0 Å². The molecule has 246 valence electrons. The molecule has 0 N–H and O–H groups in total. The van der Waals surface area contributed by atoms with E-state index in [-0.39, 0.29) is 0 Å². The van der Waals surface area contributed by atoms with Gasteiger partial charge in [0.05, 0.1) is 16.7 Å². The Labute approximate surface area is 302 Å². The fourth-order valence-electron chi connectivity index (χ4n) is 6.72. The van der Waals surface area contributed by atoms with E-state index in [2.05, 4.69) is 128 Å². The number of nitrogens with zero attached hydrogens (tertiary/aromatic N) is 5. The highest BCUT2D eigenvalue weighted by Crippen LogP contribution is 2.32. The molecule has 0 unspecified atom stereocenters. The Morgan fingerprint density at radius 3 is 1.29 bits per heavy atom. The molecule has 0 atom stereocenters. The van der Waals surface area contributed by atoms with E-state index < -0.39 is 0 Å². The first-order chi connectivity index (χ1) is 25.6. The standard InChI is InChI=1S/C47H33N5/c1-30-29-42(49-44-41(30)28-27-37-14-13-31(2)48-43(37)44)36-21-15-34(16-22-36)35-19-25-40(26-20-35)47-51-45(38-11-7-4-8-12-38)50-46(52-47)39-23-17-33(18-24-39)32-9-5-3-6-10-32/h3-29H,1-2H3. The molecule has 0 saturated heterocycles. The van der Waals surface area contributed by atoms with Crippen molar-refractivity contribution in [3.63, 3.8) is 0 Å². The number of aromatic nitrogens is 5. The van der Waals surface area contributed by atoms with E-state index in [0.29, 0.717) is 17.5 Å². The van der Waals surface area contributed by atoms with Gasteiger partial charge in [-0.1, -0.05) is 152 Å². The second kappa shape index (κ2) is 13.1. The first kappa shape index (κ1) is 31.2. The summed E-state index contributed by atoms with van der Waals surface area (Å²) in [4.78, 5) is 24.8. The molecule has 0 bridgehead atoms. The maximum Gasteiger partial charge on any atom is 0.164 e. The average molecular weight is 668 g/mol. The molecule has 0 aliphatic heterocycles. The summed E-state index contributed by atoms with van der Waals surface area (Å²) < 4.78 is 0. The minimum absolute atomic E-state index is 0.632. The molecule has 3 aromatic heterocycles. The maximum atomic E-state index is 5.12. The Hall–Kier alpha value is -6.85. The zero-order chi connectivity index (χ0) is 35.0. The smallest absolute Gasteiger partial charge is 0.164 e. The van der Waals surface area contributed by atoms with Crippen molar-refractivity contribution < 1.29 is 0 Å². The van der Waals surface area contributed by atoms with Crippen LogP contribution >= 0.6 is 0 Å². The third-order valence-corrected chi connectivity index (χ3v) is 9.56. The molecule has 0 spiro atoms. The van der Waals surface area contributed by atoms with E-state index in [9.17, 15) is 0 Å². The molecule has 52 heavy (non-hydrogen) atoms. The molecule has 5 nitrogen and oxygen atoms in total. The zero-order valence-electron chi connectivity index (χ0n) is 28.8. The quantitative estimate of drug-likeness (QED) is 0.165. The average Bonchev–Trinajstić information content (AvgIpc) is 3.21. The van der Waals surface area contributed by atoms with Gasteiger partial charge in [0.2, 0.25) is 0 Å². The van der Waals surface area contributed by atoms with Gasteiger partial charge in [-0.15, -0.1) is 0 Å². The van der Waals surface area contributed by atoms with Crippen LogP contribution in [0.25, 0.3) is 89.5 Å². The van der Waals surface area contributed by atoms with Crippen LogP contribution in [-0.2, 0) is 0 Å². The van der Waals surface area contributed by atoms with Gasteiger partial charge in [-0.3, -0.25) is 4.98 Å². The lowest BCUT2D eigenvalue weighted by Crippen LogP contribution is -2.00. The van der Waals surface area contributed by atoms with Crippen LogP contribution < -0.4 is 0 Å². The monoisotopic (exact) mass is 667 g/mol. The van der Waals surface area contributed by atoms with Crippen LogP contribution in [0.2, 0.25) is 0 Å². The van der Waals surface area contributed by atoms with E-state index in [1.54, 1.807) is 0 Å². The topological polar surface area (TPSA) is 64.5 Å². The SMILES string of the molecule is Cc1ccc2ccc3c(C)cc(-c4ccc(-c5ccc(-c6nc(-c7ccccc7)nc(-c7ccc(-c8ccccc8)cc7)n6)cc5)cc4)nc3c2n1. The van der Waals surface area contributed by atoms with Crippen molar-refractivity contribution in [3.8, 4) is 67.7 Å². The third-order valence-electron chi connectivity index (χ3n) is 9.56. The molecule has 0 amide bonds. The van der Waals surface area contributed by atoms with Crippen LogP contribution in [0.3, 0.4) is 0 Å². The van der Waals surface area contributed by atoms with Gasteiger partial charge in [0, 0.05) is 38.7 Å². The zero-order valence-corrected chi connectivity index (χ0v) is 28.8. The summed E-state index contributed by atoms with van der Waals surface area (Å²) in [5.74, 6) is 1.91. The van der Waals surface area contributed by atoms with Crippen molar-refractivity contribution in [2.24, 2.45) is 0 Å². The Morgan fingerprint density at radius 2 is 0.750 bits per heavy atom. The predicted molar refractivity (Wildman–Crippen MR) is 213 cm³/mol. The molecular formula is C47H33N5. The van der Waals surface area contributed by atoms with Crippen molar-refractivity contribution in [2.75, 3.05) is 0 Å². The summed E-state index contributed by atoms with van der Waals surface area (Å²) in [7, 11) is 0. The number of aryl methyl sites for hydroxylation is 2. The molecule has 0 radical (unpaired) electrons. The van der Waals surface area contributed by atoms with Gasteiger partial charge < -0.3 is 0 Å². The van der Waals surface area contributed by atoms with E-state index in [4.69, 9.17) is 24.9 Å². The number of fused-ring (bicyclic) bond motifs is 3. The number of hydrogen-bond donors (Lipinski definition) is 0. The highest BCUT2D eigenvalue weighted by Gasteiger charge is 2.14. The van der Waals surface area contributed by atoms with Gasteiger partial charge in [-0.25, -0.2) is 19.9 Å². The first-order valence-corrected chi connectivity index (χ1v) is 17.4. The molecule has 0 aliphatic rings. The largest absolute Gasteiger partial charge is 0.251 e. The molecular weight excluding hydrogens is 635 g/mol. The van der Waals surface area contributed by atoms with Crippen LogP contribution in [0.15, 0.2) is 164 Å². The summed E-state index contributed by atoms with van der Waals surface area (Å²) in [6, 6.07) is 56.5. The van der Waals surface area contributed by atoms with Crippen LogP contribution in [0.4, 0.5) is 0 Å². The summed E-state index contributed by atoms with van der Waals surface area (Å²) in [6.07, 6.45) is 0. The minimum atomic E-state index is 0.632. The first-order valence-electron chi connectivity index (χ1n) is 17.4. The molecule has 9 rings (SSSR count). The molecule has 9 aromatic rings. The lowest BCUT2D eigenvalue weighted by molar-refractivity contribution is 1.07. The van der Waals surface area contributed by atoms with Crippen LogP contribution in [-0.4, -0.2) is 24.9 Å². The van der Waals surface area contributed by atoms with Crippen molar-refractivity contribution in [1.29, 1.82) is 0 Å². The molecule has 6 aromatic carbocycles. The highest BCUT2D eigenvalue weighted by molar-refractivity contribution is 6.04. The molecule has 0 aliphatic carbocycles. The van der Waals surface area contributed by atoms with Crippen molar-refractivity contribution >= 4 is 21.8 Å². The van der Waals surface area contributed by atoms with Gasteiger partial charge in [-0.2, -0.15) is 0 Å². The van der Waals surface area contributed by atoms with Gasteiger partial charge in [0.25, 0.3) is 0 Å². The highest BCUT2D eigenvalue weighted by atomic mass is 15.0. The fourth-order valence-corrected chi connectivity index (χ4v) is 6.72. The van der Waals surface area contributed by atoms with E-state index >= 15 is 0 Å². The maximum absolute atomic E-state index is 5.12. The summed E-state index contributed by atoms with van der Waals surface area (Å²) in [6.45, 7) is 4.17. The Kier molecular flexibility index (Phi) is 7.86. The lowest BCUT2D eigenvalue weighted by atomic mass is 9.99. The van der Waals surface area contributed by atoms with Crippen molar-refractivity contribution in [1.82, 2.24) is 24.9 Å². The van der Waals surface area contributed by atoms with Crippen LogP contribution in [0, 0.1) is 13.8 Å². The second-order valence-electron chi connectivity index (χ2n) is 13.1. The Morgan fingerprint density at radius 1 is 0.327 bits per heavy atom. The number of hydrogen-bond acceptors (Lipinski definition) is 5. The lowest BCUT2D eigenvalue weighted by Gasteiger charge is -2.11. The Bertz CT molecular complexity index is 2710.